The van der Waals surface area contributed by atoms with E-state index in [1.54, 1.807) is 36.4 Å². The Morgan fingerprint density at radius 2 is 2.00 bits per heavy atom. The van der Waals surface area contributed by atoms with Crippen molar-refractivity contribution in [2.75, 3.05) is 0 Å². The van der Waals surface area contributed by atoms with E-state index in [4.69, 9.17) is 16.0 Å². The summed E-state index contributed by atoms with van der Waals surface area (Å²) in [5, 5.41) is 3.20. The number of carbonyl (C=O) groups is 1. The van der Waals surface area contributed by atoms with Gasteiger partial charge < -0.3 is 9.73 Å². The Labute approximate surface area is 130 Å². The number of benzene rings is 1. The van der Waals surface area contributed by atoms with E-state index in [0.717, 1.165) is 0 Å². The molecule has 0 saturated carbocycles. The summed E-state index contributed by atoms with van der Waals surface area (Å²) in [6, 6.07) is 10.2. The van der Waals surface area contributed by atoms with E-state index >= 15 is 0 Å². The highest BCUT2D eigenvalue weighted by Gasteiger charge is 2.15. The van der Waals surface area contributed by atoms with Gasteiger partial charge in [0.05, 0.1) is 26.5 Å². The van der Waals surface area contributed by atoms with Crippen LogP contribution in [-0.4, -0.2) is 16.2 Å². The molecule has 2 aromatic rings. The Bertz CT molecular complexity index is 666. The lowest BCUT2D eigenvalue weighted by molar-refractivity contribution is 0.0913. The third kappa shape index (κ3) is 4.19. The maximum atomic E-state index is 12.3. The van der Waals surface area contributed by atoms with Crippen molar-refractivity contribution in [3.8, 4) is 0 Å². The van der Waals surface area contributed by atoms with Crippen molar-refractivity contribution in [1.29, 1.82) is 0 Å². The van der Waals surface area contributed by atoms with E-state index in [2.05, 4.69) is 5.32 Å². The van der Waals surface area contributed by atoms with Gasteiger partial charge in [-0.15, -0.1) is 0 Å². The summed E-state index contributed by atoms with van der Waals surface area (Å²) in [7, 11) is -1.31. The van der Waals surface area contributed by atoms with Crippen LogP contribution < -0.4 is 5.32 Å². The Morgan fingerprint density at radius 3 is 2.67 bits per heavy atom. The molecule has 1 aromatic heterocycles. The van der Waals surface area contributed by atoms with Gasteiger partial charge in [0.25, 0.3) is 5.91 Å². The van der Waals surface area contributed by atoms with Crippen LogP contribution in [0, 0.1) is 0 Å². The number of furan rings is 1. The van der Waals surface area contributed by atoms with Crippen LogP contribution in [0.15, 0.2) is 45.7 Å². The van der Waals surface area contributed by atoms with Crippen LogP contribution in [0.4, 0.5) is 0 Å². The number of rotatable bonds is 5. The molecule has 4 nitrogen and oxygen atoms in total. The first-order valence-corrected chi connectivity index (χ1v) is 8.19. The SMILES string of the molecule is CC(C)NC(=O)c1ccc(C[S@@](=O)c2ccccc2Cl)o1. The molecule has 6 heteroatoms. The summed E-state index contributed by atoms with van der Waals surface area (Å²) in [4.78, 5) is 12.3. The molecule has 0 bridgehead atoms. The second-order valence-corrected chi connectivity index (χ2v) is 6.64. The second-order valence-electron chi connectivity index (χ2n) is 4.81. The Kier molecular flexibility index (Phi) is 5.20. The topological polar surface area (TPSA) is 59.3 Å². The monoisotopic (exact) mass is 325 g/mol. The highest BCUT2D eigenvalue weighted by Crippen LogP contribution is 2.22. The quantitative estimate of drug-likeness (QED) is 0.916. The number of nitrogens with one attached hydrogen (secondary N) is 1. The van der Waals surface area contributed by atoms with Gasteiger partial charge >= 0.3 is 0 Å². The molecule has 0 unspecified atom stereocenters. The molecule has 1 N–H and O–H groups in total. The lowest BCUT2D eigenvalue weighted by atomic mass is 10.3. The van der Waals surface area contributed by atoms with Crippen LogP contribution in [0.5, 0.6) is 0 Å². The van der Waals surface area contributed by atoms with Crippen LogP contribution in [0.3, 0.4) is 0 Å². The first-order valence-electron chi connectivity index (χ1n) is 6.50. The van der Waals surface area contributed by atoms with Gasteiger partial charge in [0, 0.05) is 6.04 Å². The summed E-state index contributed by atoms with van der Waals surface area (Å²) in [5.74, 6) is 0.607. The van der Waals surface area contributed by atoms with Crippen molar-refractivity contribution in [3.05, 3.63) is 52.9 Å². The predicted octanol–water partition coefficient (Wildman–Crippen LogP) is 3.38. The first kappa shape index (κ1) is 15.8. The lowest BCUT2D eigenvalue weighted by Gasteiger charge is -2.05. The Balaban J connectivity index is 2.08. The largest absolute Gasteiger partial charge is 0.455 e. The molecule has 1 aromatic carbocycles. The molecule has 2 rings (SSSR count). The maximum absolute atomic E-state index is 12.3. The van der Waals surface area contributed by atoms with Crippen LogP contribution >= 0.6 is 11.6 Å². The summed E-state index contributed by atoms with van der Waals surface area (Å²) in [6.45, 7) is 3.74. The fraction of sp³-hybridized carbons (Fsp3) is 0.267. The van der Waals surface area contributed by atoms with Crippen molar-refractivity contribution in [2.24, 2.45) is 0 Å². The molecule has 0 aliphatic rings. The molecule has 0 aliphatic heterocycles. The number of hydrogen-bond acceptors (Lipinski definition) is 3. The summed E-state index contributed by atoms with van der Waals surface area (Å²) in [6.07, 6.45) is 0. The van der Waals surface area contributed by atoms with Gasteiger partial charge in [-0.05, 0) is 38.1 Å². The van der Waals surface area contributed by atoms with Gasteiger partial charge in [0.2, 0.25) is 0 Å². The van der Waals surface area contributed by atoms with Crippen molar-refractivity contribution < 1.29 is 13.4 Å². The predicted molar refractivity (Wildman–Crippen MR) is 82.9 cm³/mol. The summed E-state index contributed by atoms with van der Waals surface area (Å²) >= 11 is 6.01. The van der Waals surface area contributed by atoms with Crippen molar-refractivity contribution in [3.63, 3.8) is 0 Å². The standard InChI is InChI=1S/C15H16ClNO3S/c1-10(2)17-15(18)13-8-7-11(20-13)9-21(19)14-6-4-3-5-12(14)16/h3-8,10H,9H2,1-2H3,(H,17,18)/t21-/m1/s1. The zero-order chi connectivity index (χ0) is 15.4. The molecule has 0 radical (unpaired) electrons. The van der Waals surface area contributed by atoms with E-state index in [1.165, 1.54) is 0 Å². The van der Waals surface area contributed by atoms with E-state index in [-0.39, 0.29) is 23.5 Å². The number of carbonyl (C=O) groups excluding carboxylic acids is 1. The molecular weight excluding hydrogens is 310 g/mol. The Hall–Kier alpha value is -1.59. The highest BCUT2D eigenvalue weighted by molar-refractivity contribution is 7.84. The van der Waals surface area contributed by atoms with Gasteiger partial charge in [-0.2, -0.15) is 0 Å². The zero-order valence-electron chi connectivity index (χ0n) is 11.8. The van der Waals surface area contributed by atoms with Crippen molar-refractivity contribution >= 4 is 28.3 Å². The van der Waals surface area contributed by atoms with Gasteiger partial charge in [0.1, 0.15) is 5.76 Å². The average Bonchev–Trinajstić information content (AvgIpc) is 2.87. The minimum atomic E-state index is -1.31. The minimum Gasteiger partial charge on any atom is -0.455 e. The molecule has 0 saturated heterocycles. The molecule has 0 spiro atoms. The fourth-order valence-electron chi connectivity index (χ4n) is 1.75. The molecular formula is C15H16ClNO3S. The third-order valence-electron chi connectivity index (χ3n) is 2.66. The molecule has 1 atom stereocenters. The van der Waals surface area contributed by atoms with Gasteiger partial charge in [0.15, 0.2) is 5.76 Å². The van der Waals surface area contributed by atoms with Crippen molar-refractivity contribution in [1.82, 2.24) is 5.32 Å². The number of amides is 1. The van der Waals surface area contributed by atoms with Crippen LogP contribution in [0.2, 0.25) is 5.02 Å². The molecule has 1 heterocycles. The molecule has 0 aliphatic carbocycles. The van der Waals surface area contributed by atoms with E-state index < -0.39 is 10.8 Å². The molecule has 21 heavy (non-hydrogen) atoms. The van der Waals surface area contributed by atoms with Gasteiger partial charge in [-0.3, -0.25) is 9.00 Å². The van der Waals surface area contributed by atoms with Gasteiger partial charge in [-0.1, -0.05) is 23.7 Å². The van der Waals surface area contributed by atoms with E-state index in [1.807, 2.05) is 13.8 Å². The van der Waals surface area contributed by atoms with Crippen LogP contribution in [0.25, 0.3) is 0 Å². The number of hydrogen-bond donors (Lipinski definition) is 1. The molecule has 0 fully saturated rings. The summed E-state index contributed by atoms with van der Waals surface area (Å²) < 4.78 is 17.7. The zero-order valence-corrected chi connectivity index (χ0v) is 13.3. The molecule has 112 valence electrons. The van der Waals surface area contributed by atoms with E-state index in [9.17, 15) is 9.00 Å². The first-order chi connectivity index (χ1) is 9.97. The highest BCUT2D eigenvalue weighted by atomic mass is 35.5. The molecule has 1 amide bonds. The minimum absolute atomic E-state index is 0.0308. The van der Waals surface area contributed by atoms with Gasteiger partial charge in [-0.25, -0.2) is 0 Å². The second kappa shape index (κ2) is 6.91. The fourth-order valence-corrected chi connectivity index (χ4v) is 3.23. The Morgan fingerprint density at radius 1 is 1.29 bits per heavy atom. The average molecular weight is 326 g/mol. The van der Waals surface area contributed by atoms with Crippen LogP contribution in [-0.2, 0) is 16.6 Å². The number of halogens is 1. The van der Waals surface area contributed by atoms with E-state index in [0.29, 0.717) is 15.7 Å². The maximum Gasteiger partial charge on any atom is 0.287 e. The third-order valence-corrected chi connectivity index (χ3v) is 4.50. The van der Waals surface area contributed by atoms with Crippen molar-refractivity contribution in [2.45, 2.75) is 30.5 Å². The smallest absolute Gasteiger partial charge is 0.287 e. The van der Waals surface area contributed by atoms with Crippen LogP contribution in [0.1, 0.15) is 30.2 Å². The normalized spacial score (nSPS) is 12.4. The summed E-state index contributed by atoms with van der Waals surface area (Å²) in [5.41, 5.74) is 0. The lowest BCUT2D eigenvalue weighted by Crippen LogP contribution is -2.29.